The maximum Gasteiger partial charge on any atom is 0.344 e. The fourth-order valence-electron chi connectivity index (χ4n) is 5.02. The SMILES string of the molecule is CCOC(=O)COc1cc(F)cc(N2CC(CCN[C@H](C)c3cccc4ccccc34)Oc3ccccc32)c1. The first-order valence-corrected chi connectivity index (χ1v) is 13.3. The smallest absolute Gasteiger partial charge is 0.344 e. The predicted octanol–water partition coefficient (Wildman–Crippen LogP) is 6.56. The molecule has 1 N–H and O–H groups in total. The molecule has 4 aromatic rings. The molecule has 0 aromatic heterocycles. The highest BCUT2D eigenvalue weighted by atomic mass is 19.1. The molecule has 0 spiro atoms. The zero-order chi connectivity index (χ0) is 27.2. The summed E-state index contributed by atoms with van der Waals surface area (Å²) in [6, 6.07) is 27.2. The summed E-state index contributed by atoms with van der Waals surface area (Å²) >= 11 is 0. The molecule has 1 aliphatic heterocycles. The zero-order valence-electron chi connectivity index (χ0n) is 22.2. The van der Waals surface area contributed by atoms with Crippen LogP contribution in [0.2, 0.25) is 0 Å². The standard InChI is InChI=1S/C32H33FN2O4/c1-3-37-32(36)21-38-27-18-24(33)17-25(19-27)35-20-26(39-31-14-7-6-13-30(31)35)15-16-34-22(2)28-12-8-10-23-9-4-5-11-29(23)28/h4-14,17-19,22,26,34H,3,15-16,20-21H2,1-2H3/t22-,26?/m1/s1. The number of hydrogen-bond acceptors (Lipinski definition) is 6. The molecule has 5 rings (SSSR count). The molecular formula is C32H33FN2O4. The fourth-order valence-corrected chi connectivity index (χ4v) is 5.02. The third kappa shape index (κ3) is 6.32. The summed E-state index contributed by atoms with van der Waals surface area (Å²) in [5, 5.41) is 6.13. The van der Waals surface area contributed by atoms with Crippen LogP contribution in [0.15, 0.2) is 84.9 Å². The van der Waals surface area contributed by atoms with Crippen molar-refractivity contribution in [2.75, 3.05) is 31.2 Å². The van der Waals surface area contributed by atoms with Crippen LogP contribution in [0.1, 0.15) is 31.9 Å². The molecule has 0 aliphatic carbocycles. The number of nitrogens with zero attached hydrogens (tertiary/aromatic N) is 1. The molecule has 4 aromatic carbocycles. The molecule has 0 fully saturated rings. The largest absolute Gasteiger partial charge is 0.486 e. The number of rotatable bonds is 10. The first kappa shape index (κ1) is 26.5. The number of hydrogen-bond donors (Lipinski definition) is 1. The number of anilines is 2. The normalized spacial score (nSPS) is 15.4. The lowest BCUT2D eigenvalue weighted by Crippen LogP contribution is -2.39. The first-order chi connectivity index (χ1) is 19.0. The number of benzene rings is 4. The van der Waals surface area contributed by atoms with E-state index in [1.807, 2.05) is 29.2 Å². The Morgan fingerprint density at radius 2 is 1.87 bits per heavy atom. The van der Waals surface area contributed by atoms with Gasteiger partial charge >= 0.3 is 5.97 Å². The van der Waals surface area contributed by atoms with Gasteiger partial charge < -0.3 is 24.4 Å². The molecule has 39 heavy (non-hydrogen) atoms. The maximum atomic E-state index is 14.6. The van der Waals surface area contributed by atoms with Gasteiger partial charge in [-0.25, -0.2) is 9.18 Å². The van der Waals surface area contributed by atoms with Crippen LogP contribution in [0.5, 0.6) is 11.5 Å². The third-order valence-electron chi connectivity index (χ3n) is 6.87. The van der Waals surface area contributed by atoms with Gasteiger partial charge in [0.2, 0.25) is 0 Å². The van der Waals surface area contributed by atoms with E-state index in [4.69, 9.17) is 14.2 Å². The van der Waals surface area contributed by atoms with Crippen LogP contribution in [-0.2, 0) is 9.53 Å². The second-order valence-electron chi connectivity index (χ2n) is 9.59. The van der Waals surface area contributed by atoms with Gasteiger partial charge in [-0.2, -0.15) is 0 Å². The van der Waals surface area contributed by atoms with E-state index in [2.05, 4.69) is 54.7 Å². The Hall–Kier alpha value is -4.10. The van der Waals surface area contributed by atoms with Crippen molar-refractivity contribution < 1.29 is 23.4 Å². The maximum absolute atomic E-state index is 14.6. The van der Waals surface area contributed by atoms with Crippen LogP contribution >= 0.6 is 0 Å². The molecule has 202 valence electrons. The summed E-state index contributed by atoms with van der Waals surface area (Å²) in [6.45, 7) is 5.18. The molecule has 2 atom stereocenters. The van der Waals surface area contributed by atoms with Crippen molar-refractivity contribution in [1.82, 2.24) is 5.32 Å². The molecule has 1 aliphatic rings. The molecule has 0 radical (unpaired) electrons. The van der Waals surface area contributed by atoms with E-state index in [1.165, 1.54) is 28.5 Å². The summed E-state index contributed by atoms with van der Waals surface area (Å²) in [5.74, 6) is 0.0704. The minimum absolute atomic E-state index is 0.112. The second-order valence-corrected chi connectivity index (χ2v) is 9.59. The van der Waals surface area contributed by atoms with Crippen LogP contribution in [-0.4, -0.2) is 38.4 Å². The number of nitrogens with one attached hydrogen (secondary N) is 1. The summed E-state index contributed by atoms with van der Waals surface area (Å²) in [5.41, 5.74) is 2.75. The Balaban J connectivity index is 1.29. The van der Waals surface area contributed by atoms with Gasteiger partial charge in [-0.05, 0) is 61.3 Å². The summed E-state index contributed by atoms with van der Waals surface area (Å²) in [4.78, 5) is 13.8. The van der Waals surface area contributed by atoms with E-state index in [-0.39, 0.29) is 31.1 Å². The van der Waals surface area contributed by atoms with E-state index in [1.54, 1.807) is 13.0 Å². The van der Waals surface area contributed by atoms with E-state index < -0.39 is 11.8 Å². The minimum atomic E-state index is -0.495. The highest BCUT2D eigenvalue weighted by Gasteiger charge is 2.27. The van der Waals surface area contributed by atoms with Gasteiger partial charge in [0.05, 0.1) is 18.8 Å². The zero-order valence-corrected chi connectivity index (χ0v) is 22.2. The lowest BCUT2D eigenvalue weighted by atomic mass is 9.99. The molecule has 7 heteroatoms. The Morgan fingerprint density at radius 3 is 2.74 bits per heavy atom. The molecule has 0 amide bonds. The van der Waals surface area contributed by atoms with E-state index in [9.17, 15) is 9.18 Å². The highest BCUT2D eigenvalue weighted by molar-refractivity contribution is 5.86. The molecule has 0 saturated heterocycles. The van der Waals surface area contributed by atoms with Gasteiger partial charge in [0.15, 0.2) is 6.61 Å². The number of fused-ring (bicyclic) bond motifs is 2. The average Bonchev–Trinajstić information content (AvgIpc) is 2.95. The van der Waals surface area contributed by atoms with Crippen LogP contribution in [0.25, 0.3) is 10.8 Å². The van der Waals surface area contributed by atoms with Crippen molar-refractivity contribution in [2.45, 2.75) is 32.4 Å². The topological polar surface area (TPSA) is 60.0 Å². The van der Waals surface area contributed by atoms with Crippen molar-refractivity contribution in [3.8, 4) is 11.5 Å². The number of esters is 1. The van der Waals surface area contributed by atoms with Crippen LogP contribution < -0.4 is 19.7 Å². The molecular weight excluding hydrogens is 495 g/mol. The third-order valence-corrected chi connectivity index (χ3v) is 6.87. The van der Waals surface area contributed by atoms with E-state index in [0.29, 0.717) is 12.2 Å². The summed E-state index contributed by atoms with van der Waals surface area (Å²) in [7, 11) is 0. The first-order valence-electron chi connectivity index (χ1n) is 13.3. The summed E-state index contributed by atoms with van der Waals surface area (Å²) < 4.78 is 31.4. The van der Waals surface area contributed by atoms with Crippen molar-refractivity contribution in [3.05, 3.63) is 96.3 Å². The second kappa shape index (κ2) is 12.2. The van der Waals surface area contributed by atoms with Crippen molar-refractivity contribution in [3.63, 3.8) is 0 Å². The number of para-hydroxylation sites is 2. The number of carbonyl (C=O) groups is 1. The average molecular weight is 529 g/mol. The molecule has 0 bridgehead atoms. The van der Waals surface area contributed by atoms with Gasteiger partial charge in [-0.1, -0.05) is 54.6 Å². The van der Waals surface area contributed by atoms with E-state index >= 15 is 0 Å². The lowest BCUT2D eigenvalue weighted by molar-refractivity contribution is -0.145. The number of ether oxygens (including phenoxy) is 3. The molecule has 6 nitrogen and oxygen atoms in total. The molecule has 1 heterocycles. The van der Waals surface area contributed by atoms with Gasteiger partial charge in [-0.3, -0.25) is 0 Å². The molecule has 0 saturated carbocycles. The van der Waals surface area contributed by atoms with E-state index in [0.717, 1.165) is 24.4 Å². The molecule has 1 unspecified atom stereocenters. The monoisotopic (exact) mass is 528 g/mol. The van der Waals surface area contributed by atoms with Gasteiger partial charge in [0, 0.05) is 23.9 Å². The Labute approximate surface area is 228 Å². The van der Waals surface area contributed by atoms with Gasteiger partial charge in [0.1, 0.15) is 23.4 Å². The van der Waals surface area contributed by atoms with Gasteiger partial charge in [0.25, 0.3) is 0 Å². The Kier molecular flexibility index (Phi) is 8.27. The van der Waals surface area contributed by atoms with Crippen LogP contribution in [0.4, 0.5) is 15.8 Å². The minimum Gasteiger partial charge on any atom is -0.486 e. The van der Waals surface area contributed by atoms with Crippen LogP contribution in [0.3, 0.4) is 0 Å². The van der Waals surface area contributed by atoms with Gasteiger partial charge in [-0.15, -0.1) is 0 Å². The van der Waals surface area contributed by atoms with Crippen LogP contribution in [0, 0.1) is 5.82 Å². The van der Waals surface area contributed by atoms with Crippen molar-refractivity contribution >= 4 is 28.1 Å². The predicted molar refractivity (Wildman–Crippen MR) is 151 cm³/mol. The van der Waals surface area contributed by atoms with Crippen molar-refractivity contribution in [2.24, 2.45) is 0 Å². The quantitative estimate of drug-likeness (QED) is 0.235. The van der Waals surface area contributed by atoms with Crippen molar-refractivity contribution in [1.29, 1.82) is 0 Å². The fraction of sp³-hybridized carbons (Fsp3) is 0.281. The number of halogens is 1. The Bertz CT molecular complexity index is 1440. The lowest BCUT2D eigenvalue weighted by Gasteiger charge is -2.36. The number of carbonyl (C=O) groups excluding carboxylic acids is 1. The highest BCUT2D eigenvalue weighted by Crippen LogP contribution is 2.39. The Morgan fingerprint density at radius 1 is 1.08 bits per heavy atom. The summed E-state index contributed by atoms with van der Waals surface area (Å²) in [6.07, 6.45) is 0.654.